The van der Waals surface area contributed by atoms with Gasteiger partial charge in [0.2, 0.25) is 0 Å². The number of rotatable bonds is 5. The van der Waals surface area contributed by atoms with Crippen molar-refractivity contribution in [2.45, 2.75) is 18.9 Å². The third-order valence-electron chi connectivity index (χ3n) is 5.00. The Morgan fingerprint density at radius 3 is 2.96 bits per heavy atom. The van der Waals surface area contributed by atoms with Gasteiger partial charge >= 0.3 is 5.97 Å². The topological polar surface area (TPSA) is 75.5 Å². The summed E-state index contributed by atoms with van der Waals surface area (Å²) < 4.78 is 5.36. The van der Waals surface area contributed by atoms with Crippen LogP contribution in [0.4, 0.5) is 5.69 Å². The zero-order chi connectivity index (χ0) is 18.8. The molecule has 1 aromatic heterocycles. The summed E-state index contributed by atoms with van der Waals surface area (Å²) in [7, 11) is 1.74. The van der Waals surface area contributed by atoms with Crippen LogP contribution in [0.25, 0.3) is 22.3 Å². The predicted molar refractivity (Wildman–Crippen MR) is 104 cm³/mol. The van der Waals surface area contributed by atoms with Crippen LogP contribution < -0.4 is 4.90 Å². The largest absolute Gasteiger partial charge is 0.478 e. The molecule has 2 heterocycles. The second kappa shape index (κ2) is 7.32. The van der Waals surface area contributed by atoms with Gasteiger partial charge in [-0.2, -0.15) is 0 Å². The Morgan fingerprint density at radius 2 is 2.15 bits per heavy atom. The summed E-state index contributed by atoms with van der Waals surface area (Å²) in [6.07, 6.45) is 4.00. The van der Waals surface area contributed by atoms with E-state index < -0.39 is 5.97 Å². The van der Waals surface area contributed by atoms with Gasteiger partial charge in [-0.1, -0.05) is 12.1 Å². The summed E-state index contributed by atoms with van der Waals surface area (Å²) in [6, 6.07) is 13.5. The van der Waals surface area contributed by atoms with Gasteiger partial charge in [0.15, 0.2) is 0 Å². The fourth-order valence-corrected chi connectivity index (χ4v) is 3.67. The molecule has 0 saturated carbocycles. The van der Waals surface area contributed by atoms with Crippen LogP contribution in [0.1, 0.15) is 23.2 Å². The SMILES string of the molecule is COCC1CCCN1c1cccc(-c2cnc3cc(C(=O)O)ccc3n2)c1. The molecule has 4 rings (SSSR count). The molecule has 0 bridgehead atoms. The van der Waals surface area contributed by atoms with E-state index in [-0.39, 0.29) is 5.56 Å². The molecule has 27 heavy (non-hydrogen) atoms. The minimum absolute atomic E-state index is 0.213. The average molecular weight is 363 g/mol. The molecule has 0 aliphatic carbocycles. The number of carboxylic acids is 1. The van der Waals surface area contributed by atoms with Gasteiger partial charge < -0.3 is 14.7 Å². The van der Waals surface area contributed by atoms with E-state index in [1.807, 2.05) is 12.1 Å². The highest BCUT2D eigenvalue weighted by atomic mass is 16.5. The third-order valence-corrected chi connectivity index (χ3v) is 5.00. The van der Waals surface area contributed by atoms with Crippen LogP contribution >= 0.6 is 0 Å². The Morgan fingerprint density at radius 1 is 1.26 bits per heavy atom. The molecule has 0 spiro atoms. The van der Waals surface area contributed by atoms with E-state index >= 15 is 0 Å². The van der Waals surface area contributed by atoms with E-state index in [1.54, 1.807) is 31.5 Å². The van der Waals surface area contributed by atoms with Crippen molar-refractivity contribution >= 4 is 22.7 Å². The maximum atomic E-state index is 11.1. The van der Waals surface area contributed by atoms with E-state index in [0.717, 1.165) is 36.5 Å². The number of anilines is 1. The number of hydrogen-bond donors (Lipinski definition) is 1. The summed E-state index contributed by atoms with van der Waals surface area (Å²) in [5.74, 6) is -0.966. The van der Waals surface area contributed by atoms with Crippen molar-refractivity contribution in [1.82, 2.24) is 9.97 Å². The van der Waals surface area contributed by atoms with Crippen LogP contribution in [-0.4, -0.2) is 47.3 Å². The van der Waals surface area contributed by atoms with Gasteiger partial charge in [0.05, 0.1) is 41.1 Å². The molecule has 0 amide bonds. The number of benzene rings is 2. The molecule has 1 aliphatic heterocycles. The van der Waals surface area contributed by atoms with Gasteiger partial charge in [-0.15, -0.1) is 0 Å². The van der Waals surface area contributed by atoms with Gasteiger partial charge in [0.1, 0.15) is 0 Å². The lowest BCUT2D eigenvalue weighted by molar-refractivity contribution is 0.0697. The second-order valence-electron chi connectivity index (χ2n) is 6.76. The minimum Gasteiger partial charge on any atom is -0.478 e. The first kappa shape index (κ1) is 17.4. The highest BCUT2D eigenvalue weighted by Gasteiger charge is 2.24. The third kappa shape index (κ3) is 3.48. The van der Waals surface area contributed by atoms with Crippen LogP contribution in [0, 0.1) is 0 Å². The van der Waals surface area contributed by atoms with Crippen molar-refractivity contribution in [2.75, 3.05) is 25.2 Å². The molecule has 1 atom stereocenters. The normalized spacial score (nSPS) is 16.8. The van der Waals surface area contributed by atoms with Gasteiger partial charge in [-0.05, 0) is 43.2 Å². The van der Waals surface area contributed by atoms with E-state index in [4.69, 9.17) is 9.84 Å². The molecule has 3 aromatic rings. The van der Waals surface area contributed by atoms with Crippen LogP contribution in [0.2, 0.25) is 0 Å². The Bertz CT molecular complexity index is 989. The second-order valence-corrected chi connectivity index (χ2v) is 6.76. The summed E-state index contributed by atoms with van der Waals surface area (Å²) in [6.45, 7) is 1.75. The Balaban J connectivity index is 1.67. The number of carbonyl (C=O) groups is 1. The molecule has 1 unspecified atom stereocenters. The number of aromatic carboxylic acids is 1. The monoisotopic (exact) mass is 363 g/mol. The summed E-state index contributed by atoms with van der Waals surface area (Å²) in [5.41, 5.74) is 4.40. The van der Waals surface area contributed by atoms with E-state index in [0.29, 0.717) is 17.1 Å². The van der Waals surface area contributed by atoms with Crippen LogP contribution in [0.5, 0.6) is 0 Å². The lowest BCUT2D eigenvalue weighted by atomic mass is 10.1. The number of carboxylic acid groups (broad SMARTS) is 1. The smallest absolute Gasteiger partial charge is 0.335 e. The quantitative estimate of drug-likeness (QED) is 0.746. The number of methoxy groups -OCH3 is 1. The Hall–Kier alpha value is -2.99. The lowest BCUT2D eigenvalue weighted by Crippen LogP contribution is -2.32. The highest BCUT2D eigenvalue weighted by Crippen LogP contribution is 2.29. The highest BCUT2D eigenvalue weighted by molar-refractivity contribution is 5.92. The molecule has 138 valence electrons. The first-order valence-electron chi connectivity index (χ1n) is 9.02. The standard InChI is InChI=1S/C21H21N3O3/c1-27-13-17-6-3-9-24(17)16-5-2-4-14(10-16)20-12-22-19-11-15(21(25)26)7-8-18(19)23-20/h2,4-5,7-8,10-12,17H,3,6,9,13H2,1H3,(H,25,26). The van der Waals surface area contributed by atoms with E-state index in [9.17, 15) is 4.79 Å². The first-order chi connectivity index (χ1) is 13.2. The van der Waals surface area contributed by atoms with Crippen molar-refractivity contribution in [3.8, 4) is 11.3 Å². The summed E-state index contributed by atoms with van der Waals surface area (Å²) in [4.78, 5) is 22.6. The van der Waals surface area contributed by atoms with Gasteiger partial charge in [-0.3, -0.25) is 4.98 Å². The number of hydrogen-bond acceptors (Lipinski definition) is 5. The Labute approximate surface area is 157 Å². The van der Waals surface area contributed by atoms with Gasteiger partial charge in [-0.25, -0.2) is 9.78 Å². The van der Waals surface area contributed by atoms with Crippen LogP contribution in [0.15, 0.2) is 48.7 Å². The number of aromatic nitrogens is 2. The fraction of sp³-hybridized carbons (Fsp3) is 0.286. The zero-order valence-electron chi connectivity index (χ0n) is 15.1. The predicted octanol–water partition coefficient (Wildman–Crippen LogP) is 3.61. The van der Waals surface area contributed by atoms with Crippen molar-refractivity contribution < 1.29 is 14.6 Å². The Kier molecular flexibility index (Phi) is 4.73. The molecule has 1 saturated heterocycles. The van der Waals surface area contributed by atoms with Crippen LogP contribution in [-0.2, 0) is 4.74 Å². The van der Waals surface area contributed by atoms with Crippen LogP contribution in [0.3, 0.4) is 0 Å². The number of fused-ring (bicyclic) bond motifs is 1. The average Bonchev–Trinajstić information content (AvgIpc) is 3.16. The minimum atomic E-state index is -0.966. The zero-order valence-corrected chi connectivity index (χ0v) is 15.1. The summed E-state index contributed by atoms with van der Waals surface area (Å²) >= 11 is 0. The molecule has 2 aromatic carbocycles. The molecule has 0 radical (unpaired) electrons. The number of nitrogens with zero attached hydrogens (tertiary/aromatic N) is 3. The molecular formula is C21H21N3O3. The molecule has 1 aliphatic rings. The lowest BCUT2D eigenvalue weighted by Gasteiger charge is -2.26. The maximum absolute atomic E-state index is 11.1. The van der Waals surface area contributed by atoms with Crippen molar-refractivity contribution in [3.63, 3.8) is 0 Å². The molecule has 6 heteroatoms. The molecule has 1 fully saturated rings. The summed E-state index contributed by atoms with van der Waals surface area (Å²) in [5, 5.41) is 9.11. The molecular weight excluding hydrogens is 342 g/mol. The van der Waals surface area contributed by atoms with E-state index in [2.05, 4.69) is 27.0 Å². The fourth-order valence-electron chi connectivity index (χ4n) is 3.67. The maximum Gasteiger partial charge on any atom is 0.335 e. The number of ether oxygens (including phenoxy) is 1. The van der Waals surface area contributed by atoms with Crippen molar-refractivity contribution in [1.29, 1.82) is 0 Å². The first-order valence-corrected chi connectivity index (χ1v) is 9.02. The van der Waals surface area contributed by atoms with E-state index in [1.165, 1.54) is 6.42 Å². The van der Waals surface area contributed by atoms with Gasteiger partial charge in [0, 0.05) is 24.9 Å². The van der Waals surface area contributed by atoms with Crippen molar-refractivity contribution in [3.05, 3.63) is 54.2 Å². The van der Waals surface area contributed by atoms with Crippen molar-refractivity contribution in [2.24, 2.45) is 0 Å². The van der Waals surface area contributed by atoms with Gasteiger partial charge in [0.25, 0.3) is 0 Å². The molecule has 1 N–H and O–H groups in total. The molecule has 6 nitrogen and oxygen atoms in total.